The third-order valence-electron chi connectivity index (χ3n) is 7.88. The van der Waals surface area contributed by atoms with E-state index in [1.54, 1.807) is 3.58 Å². The first-order valence-corrected chi connectivity index (χ1v) is 21.2. The molecule has 0 unspecified atom stereocenters. The predicted octanol–water partition coefficient (Wildman–Crippen LogP) is 7.75. The van der Waals surface area contributed by atoms with E-state index in [-0.39, 0.29) is 5.91 Å². The second kappa shape index (κ2) is 12.3. The first kappa shape index (κ1) is 26.1. The summed E-state index contributed by atoms with van der Waals surface area (Å²) in [7, 11) is 0. The SMILES string of the molecule is CCC[CH2][Sn]([CH2]CCC)([CH2]CCC)[c]1ccc(C(=O)N2Cc3cccn3Cc3ccccc32)cc1. The summed E-state index contributed by atoms with van der Waals surface area (Å²) in [5, 5.41) is 0. The molecule has 2 aromatic carbocycles. The summed E-state index contributed by atoms with van der Waals surface area (Å²) in [6.45, 7) is 8.40. The summed E-state index contributed by atoms with van der Waals surface area (Å²) in [4.78, 5) is 15.8. The van der Waals surface area contributed by atoms with Gasteiger partial charge in [-0.2, -0.15) is 0 Å². The molecule has 0 atom stereocenters. The Morgan fingerprint density at radius 1 is 0.771 bits per heavy atom. The Balaban J connectivity index is 1.64. The molecule has 0 spiro atoms. The van der Waals surface area contributed by atoms with Crippen molar-refractivity contribution < 1.29 is 4.79 Å². The van der Waals surface area contributed by atoms with Crippen LogP contribution >= 0.6 is 0 Å². The number of nitrogens with zero attached hydrogens (tertiary/aromatic N) is 2. The van der Waals surface area contributed by atoms with Gasteiger partial charge in [-0.3, -0.25) is 0 Å². The van der Waals surface area contributed by atoms with Crippen molar-refractivity contribution in [1.82, 2.24) is 4.57 Å². The number of rotatable bonds is 11. The van der Waals surface area contributed by atoms with E-state index in [0.717, 1.165) is 17.8 Å². The van der Waals surface area contributed by atoms with Gasteiger partial charge in [0.1, 0.15) is 0 Å². The number of fused-ring (bicyclic) bond motifs is 2. The fraction of sp³-hybridized carbons (Fsp3) is 0.452. The molecule has 1 aliphatic heterocycles. The molecule has 1 aliphatic rings. The maximum atomic E-state index is 13.9. The molecule has 35 heavy (non-hydrogen) atoms. The van der Waals surface area contributed by atoms with E-state index in [2.05, 4.69) is 86.1 Å². The van der Waals surface area contributed by atoms with Gasteiger partial charge in [-0.1, -0.05) is 0 Å². The summed E-state index contributed by atoms with van der Waals surface area (Å²) in [6.07, 6.45) is 10.0. The molecule has 0 fully saturated rings. The van der Waals surface area contributed by atoms with Gasteiger partial charge >= 0.3 is 217 Å². The minimum absolute atomic E-state index is 0.107. The van der Waals surface area contributed by atoms with Crippen LogP contribution in [-0.4, -0.2) is 28.9 Å². The molecule has 3 aromatic rings. The molecule has 4 heteroatoms. The van der Waals surface area contributed by atoms with Crippen LogP contribution in [0.5, 0.6) is 0 Å². The standard InChI is InChI=1S/C19H15N2O.3C4H9.Sn/c22-19(15-7-2-1-3-8-15)21-14-17-10-6-12-20(17)13-16-9-4-5-11-18(16)21;3*1-3-4-2;/h2-12H,13-14H2;3*1,3-4H2,2H3;. The van der Waals surface area contributed by atoms with Crippen LogP contribution in [0.1, 0.15) is 80.9 Å². The normalized spacial score (nSPS) is 13.3. The summed E-state index contributed by atoms with van der Waals surface area (Å²) >= 11 is -2.49. The van der Waals surface area contributed by atoms with Crippen LogP contribution in [-0.2, 0) is 13.1 Å². The number of amides is 1. The number of para-hydroxylation sites is 1. The van der Waals surface area contributed by atoms with Crippen LogP contribution in [0.4, 0.5) is 5.69 Å². The molecule has 186 valence electrons. The fourth-order valence-electron chi connectivity index (χ4n) is 5.74. The number of anilines is 1. The zero-order valence-corrected chi connectivity index (χ0v) is 24.8. The van der Waals surface area contributed by atoms with Crippen molar-refractivity contribution in [2.45, 2.75) is 85.7 Å². The van der Waals surface area contributed by atoms with Crippen LogP contribution in [0.3, 0.4) is 0 Å². The Morgan fingerprint density at radius 3 is 2.03 bits per heavy atom. The molecule has 3 nitrogen and oxygen atoms in total. The first-order chi connectivity index (χ1) is 17.1. The van der Waals surface area contributed by atoms with Crippen molar-refractivity contribution in [2.75, 3.05) is 4.90 Å². The summed E-state index contributed by atoms with van der Waals surface area (Å²) in [5.74, 6) is 0.107. The second-order valence-corrected chi connectivity index (χ2v) is 23.6. The molecule has 0 radical (unpaired) electrons. The number of unbranched alkanes of at least 4 members (excludes halogenated alkanes) is 3. The van der Waals surface area contributed by atoms with Crippen LogP contribution < -0.4 is 8.48 Å². The third kappa shape index (κ3) is 5.87. The Morgan fingerprint density at radius 2 is 1.40 bits per heavy atom. The van der Waals surface area contributed by atoms with Crippen LogP contribution in [0.15, 0.2) is 66.9 Å². The van der Waals surface area contributed by atoms with Crippen LogP contribution in [0.2, 0.25) is 13.3 Å². The van der Waals surface area contributed by atoms with Gasteiger partial charge in [0.2, 0.25) is 0 Å². The topological polar surface area (TPSA) is 25.2 Å². The summed E-state index contributed by atoms with van der Waals surface area (Å²) in [5.41, 5.74) is 4.22. The second-order valence-electron chi connectivity index (χ2n) is 10.3. The Bertz CT molecular complexity index is 1080. The number of carbonyl (C=O) groups excluding carboxylic acids is 1. The zero-order chi connectivity index (χ0) is 24.7. The molecule has 0 saturated heterocycles. The molecule has 0 saturated carbocycles. The number of carbonyl (C=O) groups is 1. The van der Waals surface area contributed by atoms with E-state index >= 15 is 0 Å². The van der Waals surface area contributed by atoms with E-state index in [1.807, 2.05) is 11.0 Å². The average molecular weight is 577 g/mol. The molecular weight excluding hydrogens is 535 g/mol. The van der Waals surface area contributed by atoms with Crippen molar-refractivity contribution in [3.8, 4) is 0 Å². The van der Waals surface area contributed by atoms with Gasteiger partial charge < -0.3 is 0 Å². The van der Waals surface area contributed by atoms with E-state index in [1.165, 1.54) is 63.1 Å². The van der Waals surface area contributed by atoms with Crippen molar-refractivity contribution in [1.29, 1.82) is 0 Å². The summed E-state index contributed by atoms with van der Waals surface area (Å²) < 4.78 is 8.25. The van der Waals surface area contributed by atoms with Gasteiger partial charge in [0, 0.05) is 0 Å². The molecule has 0 aliphatic carbocycles. The van der Waals surface area contributed by atoms with Crippen molar-refractivity contribution >= 4 is 33.6 Å². The maximum absolute atomic E-state index is 13.9. The van der Waals surface area contributed by atoms with E-state index in [0.29, 0.717) is 6.54 Å². The monoisotopic (exact) mass is 578 g/mol. The average Bonchev–Trinajstić information content (AvgIpc) is 3.27. The Hall–Kier alpha value is -2.01. The van der Waals surface area contributed by atoms with Gasteiger partial charge in [-0.25, -0.2) is 0 Å². The van der Waals surface area contributed by atoms with Crippen molar-refractivity contribution in [3.05, 3.63) is 83.7 Å². The van der Waals surface area contributed by atoms with Gasteiger partial charge in [0.15, 0.2) is 0 Å². The molecule has 2 heterocycles. The molecule has 1 amide bonds. The van der Waals surface area contributed by atoms with Crippen molar-refractivity contribution in [2.24, 2.45) is 0 Å². The molecule has 0 bridgehead atoms. The molecule has 1 aromatic heterocycles. The zero-order valence-electron chi connectivity index (χ0n) is 21.9. The molecular formula is C31H42N2OSn. The summed E-state index contributed by atoms with van der Waals surface area (Å²) in [6, 6.07) is 21.6. The molecule has 4 rings (SSSR count). The third-order valence-corrected chi connectivity index (χ3v) is 23.6. The van der Waals surface area contributed by atoms with E-state index < -0.39 is 18.4 Å². The van der Waals surface area contributed by atoms with Gasteiger partial charge in [0.25, 0.3) is 0 Å². The number of hydrogen-bond acceptors (Lipinski definition) is 1. The predicted molar refractivity (Wildman–Crippen MR) is 151 cm³/mol. The quantitative estimate of drug-likeness (QED) is 0.214. The number of hydrogen-bond donors (Lipinski definition) is 0. The fourth-order valence-corrected chi connectivity index (χ4v) is 21.7. The Labute approximate surface area is 216 Å². The number of aromatic nitrogens is 1. The number of benzene rings is 2. The van der Waals surface area contributed by atoms with Gasteiger partial charge in [-0.05, 0) is 0 Å². The van der Waals surface area contributed by atoms with Crippen LogP contribution in [0.25, 0.3) is 0 Å². The Kier molecular flexibility index (Phi) is 9.15. The van der Waals surface area contributed by atoms with E-state index in [4.69, 9.17) is 0 Å². The first-order valence-electron chi connectivity index (χ1n) is 13.8. The van der Waals surface area contributed by atoms with Gasteiger partial charge in [-0.15, -0.1) is 0 Å². The van der Waals surface area contributed by atoms with Crippen molar-refractivity contribution in [3.63, 3.8) is 0 Å². The van der Waals surface area contributed by atoms with E-state index in [9.17, 15) is 4.79 Å². The molecule has 0 N–H and O–H groups in total. The minimum atomic E-state index is -2.49. The van der Waals surface area contributed by atoms with Gasteiger partial charge in [0.05, 0.1) is 0 Å². The van der Waals surface area contributed by atoms with Crippen LogP contribution in [0, 0.1) is 0 Å².